The molecule has 134 valence electrons. The number of nitrogens with one attached hydrogen (secondary N) is 2. The van der Waals surface area contributed by atoms with E-state index in [4.69, 9.17) is 9.15 Å². The molecule has 0 aliphatic carbocycles. The smallest absolute Gasteiger partial charge is 0.305 e. The van der Waals surface area contributed by atoms with Gasteiger partial charge in [0, 0.05) is 5.39 Å². The number of para-hydroxylation sites is 1. The Morgan fingerprint density at radius 2 is 1.77 bits per heavy atom. The van der Waals surface area contributed by atoms with Crippen LogP contribution in [-0.4, -0.2) is 18.4 Å². The van der Waals surface area contributed by atoms with Gasteiger partial charge in [0.15, 0.2) is 12.4 Å². The lowest BCUT2D eigenvalue weighted by Crippen LogP contribution is -2.43. The second-order valence-electron chi connectivity index (χ2n) is 6.16. The van der Waals surface area contributed by atoms with Crippen LogP contribution in [0.2, 0.25) is 0 Å². The van der Waals surface area contributed by atoms with Gasteiger partial charge in [0.1, 0.15) is 11.3 Å². The van der Waals surface area contributed by atoms with E-state index in [-0.39, 0.29) is 12.4 Å². The van der Waals surface area contributed by atoms with Gasteiger partial charge in [-0.2, -0.15) is 0 Å². The Labute approximate surface area is 151 Å². The Bertz CT molecular complexity index is 880. The van der Waals surface area contributed by atoms with Crippen LogP contribution in [0.3, 0.4) is 0 Å². The normalized spacial score (nSPS) is 10.7. The van der Waals surface area contributed by atoms with E-state index in [0.29, 0.717) is 17.3 Å². The molecule has 2 N–H and O–H groups in total. The van der Waals surface area contributed by atoms with Gasteiger partial charge in [0.05, 0.1) is 0 Å². The van der Waals surface area contributed by atoms with Crippen LogP contribution < -0.4 is 15.6 Å². The van der Waals surface area contributed by atoms with Gasteiger partial charge in [-0.3, -0.25) is 20.4 Å². The highest BCUT2D eigenvalue weighted by molar-refractivity contribution is 5.97. The van der Waals surface area contributed by atoms with Gasteiger partial charge in [0.25, 0.3) is 5.91 Å². The number of furan rings is 1. The number of hydrazine groups is 1. The van der Waals surface area contributed by atoms with E-state index in [0.717, 1.165) is 5.39 Å². The summed E-state index contributed by atoms with van der Waals surface area (Å²) in [6.45, 7) is 4.00. The fraction of sp³-hybridized carbons (Fsp3) is 0.200. The van der Waals surface area contributed by atoms with Gasteiger partial charge in [-0.15, -0.1) is 0 Å². The van der Waals surface area contributed by atoms with E-state index in [2.05, 4.69) is 24.7 Å². The predicted molar refractivity (Wildman–Crippen MR) is 97.8 cm³/mol. The van der Waals surface area contributed by atoms with E-state index < -0.39 is 11.8 Å². The molecule has 0 saturated heterocycles. The Hall–Kier alpha value is -3.28. The van der Waals surface area contributed by atoms with Crippen molar-refractivity contribution in [2.75, 3.05) is 6.61 Å². The minimum absolute atomic E-state index is 0.122. The molecule has 0 aliphatic heterocycles. The summed E-state index contributed by atoms with van der Waals surface area (Å²) in [4.78, 5) is 23.9. The summed E-state index contributed by atoms with van der Waals surface area (Å²) in [5.41, 5.74) is 6.41. The summed E-state index contributed by atoms with van der Waals surface area (Å²) in [5, 5.41) is 0.817. The summed E-state index contributed by atoms with van der Waals surface area (Å²) in [7, 11) is 0. The molecule has 2 amide bonds. The highest BCUT2D eigenvalue weighted by Crippen LogP contribution is 2.19. The van der Waals surface area contributed by atoms with Crippen LogP contribution in [-0.2, 0) is 4.79 Å². The van der Waals surface area contributed by atoms with Crippen molar-refractivity contribution >= 4 is 22.8 Å². The monoisotopic (exact) mass is 352 g/mol. The number of carbonyl (C=O) groups is 2. The number of amides is 2. The Morgan fingerprint density at radius 3 is 2.46 bits per heavy atom. The zero-order chi connectivity index (χ0) is 18.5. The maximum absolute atomic E-state index is 12.0. The van der Waals surface area contributed by atoms with Crippen LogP contribution in [0.15, 0.2) is 59.0 Å². The minimum Gasteiger partial charge on any atom is -0.484 e. The summed E-state index contributed by atoms with van der Waals surface area (Å²) in [6.07, 6.45) is 0. The molecule has 0 spiro atoms. The van der Waals surface area contributed by atoms with Crippen LogP contribution >= 0.6 is 0 Å². The summed E-state index contributed by atoms with van der Waals surface area (Å²) < 4.78 is 10.8. The zero-order valence-corrected chi connectivity index (χ0v) is 14.6. The second kappa shape index (κ2) is 7.74. The lowest BCUT2D eigenvalue weighted by atomic mass is 10.0. The summed E-state index contributed by atoms with van der Waals surface area (Å²) >= 11 is 0. The number of fused-ring (bicyclic) bond motifs is 1. The number of hydrogen-bond acceptors (Lipinski definition) is 4. The number of ether oxygens (including phenoxy) is 1. The van der Waals surface area contributed by atoms with Crippen molar-refractivity contribution in [3.05, 3.63) is 65.9 Å². The first-order valence-corrected chi connectivity index (χ1v) is 8.33. The van der Waals surface area contributed by atoms with E-state index in [1.54, 1.807) is 12.1 Å². The average molecular weight is 352 g/mol. The molecule has 6 heteroatoms. The third kappa shape index (κ3) is 4.22. The van der Waals surface area contributed by atoms with Crippen molar-refractivity contribution in [3.8, 4) is 5.75 Å². The van der Waals surface area contributed by atoms with E-state index in [9.17, 15) is 9.59 Å². The highest BCUT2D eigenvalue weighted by atomic mass is 16.5. The van der Waals surface area contributed by atoms with Crippen molar-refractivity contribution in [3.63, 3.8) is 0 Å². The first-order valence-electron chi connectivity index (χ1n) is 8.33. The molecule has 0 unspecified atom stereocenters. The molecule has 0 fully saturated rings. The average Bonchev–Trinajstić information content (AvgIpc) is 3.09. The first kappa shape index (κ1) is 17.5. The fourth-order valence-electron chi connectivity index (χ4n) is 2.42. The van der Waals surface area contributed by atoms with Crippen molar-refractivity contribution in [2.45, 2.75) is 19.8 Å². The number of carbonyl (C=O) groups excluding carboxylic acids is 2. The number of rotatable bonds is 5. The quantitative estimate of drug-likeness (QED) is 0.690. The molecule has 0 bridgehead atoms. The molecule has 26 heavy (non-hydrogen) atoms. The maximum Gasteiger partial charge on any atom is 0.305 e. The molecule has 0 saturated carbocycles. The van der Waals surface area contributed by atoms with E-state index >= 15 is 0 Å². The zero-order valence-electron chi connectivity index (χ0n) is 14.6. The van der Waals surface area contributed by atoms with Gasteiger partial charge in [-0.05, 0) is 35.7 Å². The molecule has 1 heterocycles. The molecular weight excluding hydrogens is 332 g/mol. The molecule has 0 radical (unpaired) electrons. The molecule has 3 aromatic rings. The first-order chi connectivity index (χ1) is 12.5. The van der Waals surface area contributed by atoms with Gasteiger partial charge >= 0.3 is 5.91 Å². The largest absolute Gasteiger partial charge is 0.484 e. The molecule has 0 aliphatic rings. The topological polar surface area (TPSA) is 80.6 Å². The lowest BCUT2D eigenvalue weighted by molar-refractivity contribution is -0.123. The van der Waals surface area contributed by atoms with Crippen molar-refractivity contribution < 1.29 is 18.7 Å². The highest BCUT2D eigenvalue weighted by Gasteiger charge is 2.13. The van der Waals surface area contributed by atoms with E-state index in [1.807, 2.05) is 42.5 Å². The molecule has 2 aromatic carbocycles. The number of benzene rings is 2. The molecular formula is C20H20N2O4. The predicted octanol–water partition coefficient (Wildman–Crippen LogP) is 3.40. The lowest BCUT2D eigenvalue weighted by Gasteiger charge is -2.09. The second-order valence-corrected chi connectivity index (χ2v) is 6.16. The van der Waals surface area contributed by atoms with Gasteiger partial charge in [-0.25, -0.2) is 0 Å². The van der Waals surface area contributed by atoms with Crippen molar-refractivity contribution in [2.24, 2.45) is 0 Å². The third-order valence-electron chi connectivity index (χ3n) is 3.88. The SMILES string of the molecule is CC(C)c1ccc(OCC(=O)NNC(=O)c2cc3ccccc3o2)cc1. The molecule has 6 nitrogen and oxygen atoms in total. The van der Waals surface area contributed by atoms with Crippen LogP contribution in [0, 0.1) is 0 Å². The summed E-state index contributed by atoms with van der Waals surface area (Å²) in [5.74, 6) is 0.142. The van der Waals surface area contributed by atoms with Crippen LogP contribution in [0.1, 0.15) is 35.9 Å². The Balaban J connectivity index is 1.48. The van der Waals surface area contributed by atoms with Crippen LogP contribution in [0.4, 0.5) is 0 Å². The minimum atomic E-state index is -0.532. The van der Waals surface area contributed by atoms with Crippen LogP contribution in [0.5, 0.6) is 5.75 Å². The fourth-order valence-corrected chi connectivity index (χ4v) is 2.42. The van der Waals surface area contributed by atoms with E-state index in [1.165, 1.54) is 5.56 Å². The summed E-state index contributed by atoms with van der Waals surface area (Å²) in [6, 6.07) is 16.4. The standard InChI is InChI=1S/C20H20N2O4/c1-13(2)14-7-9-16(10-8-14)25-12-19(23)21-22-20(24)18-11-15-5-3-4-6-17(15)26-18/h3-11,13H,12H2,1-2H3,(H,21,23)(H,22,24). The molecule has 0 atom stereocenters. The third-order valence-corrected chi connectivity index (χ3v) is 3.88. The Morgan fingerprint density at radius 1 is 1.04 bits per heavy atom. The molecule has 3 rings (SSSR count). The van der Waals surface area contributed by atoms with Gasteiger partial charge in [-0.1, -0.05) is 44.2 Å². The van der Waals surface area contributed by atoms with Crippen molar-refractivity contribution in [1.29, 1.82) is 0 Å². The van der Waals surface area contributed by atoms with Gasteiger partial charge < -0.3 is 9.15 Å². The van der Waals surface area contributed by atoms with Gasteiger partial charge in [0.2, 0.25) is 0 Å². The van der Waals surface area contributed by atoms with Crippen LogP contribution in [0.25, 0.3) is 11.0 Å². The Kier molecular flexibility index (Phi) is 5.22. The van der Waals surface area contributed by atoms with Crippen molar-refractivity contribution in [1.82, 2.24) is 10.9 Å². The number of hydrogen-bond donors (Lipinski definition) is 2. The molecule has 1 aromatic heterocycles. The maximum atomic E-state index is 12.0.